The molecule has 2 rings (SSSR count). The second-order valence-electron chi connectivity index (χ2n) is 3.93. The van der Waals surface area contributed by atoms with E-state index in [0.29, 0.717) is 0 Å². The third-order valence-electron chi connectivity index (χ3n) is 2.69. The molecule has 0 bridgehead atoms. The topological polar surface area (TPSA) is 29.5 Å². The molecule has 2 atom stereocenters. The number of aliphatic hydroxyl groups excluding tert-OH is 1. The van der Waals surface area contributed by atoms with Crippen molar-refractivity contribution in [3.8, 4) is 5.75 Å². The van der Waals surface area contributed by atoms with Gasteiger partial charge in [-0.1, -0.05) is 25.0 Å². The van der Waals surface area contributed by atoms with Crippen molar-refractivity contribution in [1.29, 1.82) is 0 Å². The first kappa shape index (κ1) is 9.53. The van der Waals surface area contributed by atoms with Crippen LogP contribution in [0.25, 0.3) is 0 Å². The highest BCUT2D eigenvalue weighted by atomic mass is 16.5. The fourth-order valence-corrected chi connectivity index (χ4v) is 1.94. The average Bonchev–Trinajstić information content (AvgIpc) is 2.46. The number of ether oxygens (including phenoxy) is 1. The van der Waals surface area contributed by atoms with E-state index in [1.54, 1.807) is 0 Å². The minimum atomic E-state index is -0.440. The Balaban J connectivity index is 2.27. The first-order valence-corrected chi connectivity index (χ1v) is 5.17. The molecule has 2 unspecified atom stereocenters. The predicted octanol–water partition coefficient (Wildman–Crippen LogP) is 2.59. The van der Waals surface area contributed by atoms with Crippen LogP contribution >= 0.6 is 0 Å². The van der Waals surface area contributed by atoms with Crippen molar-refractivity contribution in [2.24, 2.45) is 0 Å². The average molecular weight is 192 g/mol. The lowest BCUT2D eigenvalue weighted by atomic mass is 10.0. The van der Waals surface area contributed by atoms with E-state index in [1.807, 2.05) is 25.1 Å². The molecule has 14 heavy (non-hydrogen) atoms. The Bertz CT molecular complexity index is 333. The van der Waals surface area contributed by atoms with Crippen LogP contribution in [0.15, 0.2) is 18.2 Å². The quantitative estimate of drug-likeness (QED) is 0.780. The standard InChI is InChI=1S/C12H16O2/c1-3-4-11-12(13)9-7-8(2)5-6-10(9)14-11/h5-7,11-13H,3-4H2,1-2H3. The van der Waals surface area contributed by atoms with Crippen LogP contribution in [-0.2, 0) is 0 Å². The van der Waals surface area contributed by atoms with E-state index in [9.17, 15) is 5.11 Å². The molecule has 1 aliphatic heterocycles. The Morgan fingerprint density at radius 1 is 1.43 bits per heavy atom. The van der Waals surface area contributed by atoms with E-state index >= 15 is 0 Å². The molecule has 0 spiro atoms. The second-order valence-corrected chi connectivity index (χ2v) is 3.93. The number of hydrogen-bond donors (Lipinski definition) is 1. The Morgan fingerprint density at radius 3 is 2.93 bits per heavy atom. The van der Waals surface area contributed by atoms with E-state index in [0.717, 1.165) is 24.2 Å². The van der Waals surface area contributed by atoms with Crippen LogP contribution in [0.1, 0.15) is 37.0 Å². The van der Waals surface area contributed by atoms with Crippen molar-refractivity contribution in [3.05, 3.63) is 29.3 Å². The van der Waals surface area contributed by atoms with Crippen LogP contribution in [0.3, 0.4) is 0 Å². The fourth-order valence-electron chi connectivity index (χ4n) is 1.94. The predicted molar refractivity (Wildman–Crippen MR) is 55.5 cm³/mol. The molecule has 0 aliphatic carbocycles. The van der Waals surface area contributed by atoms with Crippen LogP contribution in [0, 0.1) is 6.92 Å². The van der Waals surface area contributed by atoms with Gasteiger partial charge in [-0.3, -0.25) is 0 Å². The molecule has 2 heteroatoms. The molecule has 1 heterocycles. The van der Waals surface area contributed by atoms with Gasteiger partial charge in [0.05, 0.1) is 0 Å². The monoisotopic (exact) mass is 192 g/mol. The molecule has 0 amide bonds. The van der Waals surface area contributed by atoms with Crippen molar-refractivity contribution in [2.45, 2.75) is 38.9 Å². The zero-order valence-corrected chi connectivity index (χ0v) is 8.66. The first-order chi connectivity index (χ1) is 6.72. The van der Waals surface area contributed by atoms with E-state index in [4.69, 9.17) is 4.74 Å². The molecule has 1 aromatic carbocycles. The maximum atomic E-state index is 9.97. The summed E-state index contributed by atoms with van der Waals surface area (Å²) in [4.78, 5) is 0. The van der Waals surface area contributed by atoms with Crippen molar-refractivity contribution >= 4 is 0 Å². The van der Waals surface area contributed by atoms with E-state index in [2.05, 4.69) is 6.92 Å². The van der Waals surface area contributed by atoms with Gasteiger partial charge in [0.25, 0.3) is 0 Å². The maximum absolute atomic E-state index is 9.97. The summed E-state index contributed by atoms with van der Waals surface area (Å²) < 4.78 is 5.66. The number of aryl methyl sites for hydroxylation is 1. The molecule has 0 fully saturated rings. The molecular formula is C12H16O2. The molecular weight excluding hydrogens is 176 g/mol. The lowest BCUT2D eigenvalue weighted by molar-refractivity contribution is 0.0616. The second kappa shape index (κ2) is 3.62. The van der Waals surface area contributed by atoms with Gasteiger partial charge in [-0.25, -0.2) is 0 Å². The number of benzene rings is 1. The number of rotatable bonds is 2. The number of fused-ring (bicyclic) bond motifs is 1. The lowest BCUT2D eigenvalue weighted by Crippen LogP contribution is -2.17. The van der Waals surface area contributed by atoms with Crippen LogP contribution in [0.2, 0.25) is 0 Å². The summed E-state index contributed by atoms with van der Waals surface area (Å²) in [6.07, 6.45) is 1.46. The highest BCUT2D eigenvalue weighted by Crippen LogP contribution is 2.38. The van der Waals surface area contributed by atoms with Crippen molar-refractivity contribution < 1.29 is 9.84 Å². The first-order valence-electron chi connectivity index (χ1n) is 5.17. The Kier molecular flexibility index (Phi) is 2.46. The minimum absolute atomic E-state index is 0.0446. The third-order valence-corrected chi connectivity index (χ3v) is 2.69. The largest absolute Gasteiger partial charge is 0.487 e. The van der Waals surface area contributed by atoms with Crippen molar-refractivity contribution in [2.75, 3.05) is 0 Å². The highest BCUT2D eigenvalue weighted by molar-refractivity contribution is 5.42. The molecule has 2 nitrogen and oxygen atoms in total. The lowest BCUT2D eigenvalue weighted by Gasteiger charge is -2.12. The number of hydrogen-bond acceptors (Lipinski definition) is 2. The zero-order chi connectivity index (χ0) is 10.1. The van der Waals surface area contributed by atoms with Crippen LogP contribution < -0.4 is 4.74 Å². The summed E-state index contributed by atoms with van der Waals surface area (Å²) in [5.41, 5.74) is 2.12. The van der Waals surface area contributed by atoms with Gasteiger partial charge in [-0.05, 0) is 25.5 Å². The van der Waals surface area contributed by atoms with Gasteiger partial charge in [0.2, 0.25) is 0 Å². The van der Waals surface area contributed by atoms with Crippen LogP contribution in [0.5, 0.6) is 5.75 Å². The molecule has 0 saturated heterocycles. The summed E-state index contributed by atoms with van der Waals surface area (Å²) in [6.45, 7) is 4.13. The molecule has 76 valence electrons. The van der Waals surface area contributed by atoms with Gasteiger partial charge in [-0.2, -0.15) is 0 Å². The van der Waals surface area contributed by atoms with Gasteiger partial charge in [0.15, 0.2) is 0 Å². The Morgan fingerprint density at radius 2 is 2.21 bits per heavy atom. The van der Waals surface area contributed by atoms with Crippen molar-refractivity contribution in [3.63, 3.8) is 0 Å². The molecule has 0 radical (unpaired) electrons. The summed E-state index contributed by atoms with van der Waals surface area (Å²) >= 11 is 0. The van der Waals surface area contributed by atoms with E-state index in [-0.39, 0.29) is 6.10 Å². The van der Waals surface area contributed by atoms with E-state index in [1.165, 1.54) is 5.56 Å². The molecule has 1 N–H and O–H groups in total. The summed E-state index contributed by atoms with van der Waals surface area (Å²) in [7, 11) is 0. The SMILES string of the molecule is CCCC1Oc2ccc(C)cc2C1O. The zero-order valence-electron chi connectivity index (χ0n) is 8.66. The van der Waals surface area contributed by atoms with Gasteiger partial charge in [0.1, 0.15) is 18.0 Å². The van der Waals surface area contributed by atoms with Gasteiger partial charge >= 0.3 is 0 Å². The van der Waals surface area contributed by atoms with Crippen LogP contribution in [0.4, 0.5) is 0 Å². The van der Waals surface area contributed by atoms with Gasteiger partial charge < -0.3 is 9.84 Å². The van der Waals surface area contributed by atoms with Gasteiger partial charge in [0, 0.05) is 5.56 Å². The molecule has 0 saturated carbocycles. The van der Waals surface area contributed by atoms with E-state index < -0.39 is 6.10 Å². The maximum Gasteiger partial charge on any atom is 0.129 e. The fraction of sp³-hybridized carbons (Fsp3) is 0.500. The summed E-state index contributed by atoms with van der Waals surface area (Å²) in [6, 6.07) is 5.97. The third kappa shape index (κ3) is 1.50. The van der Waals surface area contributed by atoms with Gasteiger partial charge in [-0.15, -0.1) is 0 Å². The summed E-state index contributed by atoms with van der Waals surface area (Å²) in [5.74, 6) is 0.849. The Hall–Kier alpha value is -1.02. The minimum Gasteiger partial charge on any atom is -0.487 e. The smallest absolute Gasteiger partial charge is 0.129 e. The molecule has 0 aromatic heterocycles. The van der Waals surface area contributed by atoms with Crippen molar-refractivity contribution in [1.82, 2.24) is 0 Å². The number of aliphatic hydroxyl groups is 1. The normalized spacial score (nSPS) is 24.5. The molecule has 1 aliphatic rings. The highest BCUT2D eigenvalue weighted by Gasteiger charge is 2.31. The molecule has 1 aromatic rings. The summed E-state index contributed by atoms with van der Waals surface area (Å²) in [5, 5.41) is 9.97. The van der Waals surface area contributed by atoms with Crippen LogP contribution in [-0.4, -0.2) is 11.2 Å². The Labute approximate surface area is 84.5 Å².